The summed E-state index contributed by atoms with van der Waals surface area (Å²) in [5, 5.41) is 2.86. The van der Waals surface area contributed by atoms with Crippen molar-refractivity contribution in [3.63, 3.8) is 0 Å². The minimum atomic E-state index is -1.45. The van der Waals surface area contributed by atoms with E-state index in [4.69, 9.17) is 9.16 Å². The van der Waals surface area contributed by atoms with Crippen molar-refractivity contribution in [1.29, 1.82) is 0 Å². The van der Waals surface area contributed by atoms with Crippen molar-refractivity contribution in [3.05, 3.63) is 20.3 Å². The zero-order valence-electron chi connectivity index (χ0n) is 10.7. The average molecular weight is 359 g/mol. The smallest absolute Gasteiger partial charge is 1.00 e. The predicted octanol–water partition coefficient (Wildman–Crippen LogP) is -5.28. The minimum Gasteiger partial charge on any atom is -1.00 e. The van der Waals surface area contributed by atoms with E-state index in [1.54, 1.807) is 0 Å². The van der Waals surface area contributed by atoms with Crippen molar-refractivity contribution in [2.45, 2.75) is 19.6 Å². The van der Waals surface area contributed by atoms with E-state index in [9.17, 15) is 4.79 Å². The van der Waals surface area contributed by atoms with Gasteiger partial charge in [0.25, 0.3) is 0 Å². The van der Waals surface area contributed by atoms with Gasteiger partial charge in [-0.15, -0.1) is 0 Å². The van der Waals surface area contributed by atoms with Gasteiger partial charge < -0.3 is 24.8 Å². The zero-order chi connectivity index (χ0) is 11.8. The number of hydrogen-bond acceptors (Lipinski definition) is 3. The number of carbonyl (C=O) groups excluding carboxylic acids is 1. The summed E-state index contributed by atoms with van der Waals surface area (Å²) in [6, 6.07) is 0. The summed E-state index contributed by atoms with van der Waals surface area (Å²) in [5.74, 6) is 0.276. The fourth-order valence-electron chi connectivity index (χ4n) is 1.49. The van der Waals surface area contributed by atoms with Gasteiger partial charge in [0.05, 0.1) is 0 Å². The molecule has 1 aliphatic heterocycles. The van der Waals surface area contributed by atoms with Gasteiger partial charge in [-0.05, 0) is 0 Å². The van der Waals surface area contributed by atoms with Crippen molar-refractivity contribution in [3.8, 4) is 0 Å². The molecular formula is C10H16Cl2O3Si2Ti. The first-order chi connectivity index (χ1) is 7.47. The van der Waals surface area contributed by atoms with Crippen molar-refractivity contribution in [2.24, 2.45) is 0 Å². The summed E-state index contributed by atoms with van der Waals surface area (Å²) >= 11 is -0.377. The van der Waals surface area contributed by atoms with Crippen LogP contribution >= 0.6 is 0 Å². The number of ketones is 1. The second kappa shape index (κ2) is 7.55. The molecule has 0 saturated carbocycles. The zero-order valence-corrected chi connectivity index (χ0v) is 16.2. The summed E-state index contributed by atoms with van der Waals surface area (Å²) in [6.45, 7) is 6.82. The van der Waals surface area contributed by atoms with Crippen molar-refractivity contribution in [2.75, 3.05) is 11.7 Å². The van der Waals surface area contributed by atoms with Crippen LogP contribution in [-0.4, -0.2) is 35.3 Å². The van der Waals surface area contributed by atoms with E-state index in [0.717, 1.165) is 8.79 Å². The van der Waals surface area contributed by atoms with Gasteiger partial charge in [0.1, 0.15) is 0 Å². The molecule has 3 nitrogen and oxygen atoms in total. The molecule has 100 valence electrons. The molecule has 0 amide bonds. The van der Waals surface area contributed by atoms with Gasteiger partial charge >= 0.3 is 108 Å². The van der Waals surface area contributed by atoms with E-state index < -0.39 is 8.32 Å². The Hall–Kier alpha value is 0.798. The predicted molar refractivity (Wildman–Crippen MR) is 63.9 cm³/mol. The van der Waals surface area contributed by atoms with E-state index in [1.807, 2.05) is 6.08 Å². The number of rotatable bonds is 6. The Kier molecular flexibility index (Phi) is 7.88. The maximum Gasteiger partial charge on any atom is -1.00 e. The Morgan fingerprint density at radius 2 is 2.00 bits per heavy atom. The topological polar surface area (TPSA) is 35.5 Å². The molecule has 1 saturated heterocycles. The van der Waals surface area contributed by atoms with Gasteiger partial charge in [0.2, 0.25) is 0 Å². The first-order valence-corrected chi connectivity index (χ1v) is 12.1. The molecule has 0 aromatic carbocycles. The fraction of sp³-hybridized carbons (Fsp3) is 0.500. The normalized spacial score (nSPS) is 17.7. The van der Waals surface area contributed by atoms with Gasteiger partial charge in [0.15, 0.2) is 0 Å². The van der Waals surface area contributed by atoms with Crippen LogP contribution < -0.4 is 24.8 Å². The van der Waals surface area contributed by atoms with Gasteiger partial charge in [-0.2, -0.15) is 0 Å². The van der Waals surface area contributed by atoms with Crippen LogP contribution in [0, 0.1) is 0 Å². The van der Waals surface area contributed by atoms with Crippen molar-refractivity contribution in [1.82, 2.24) is 0 Å². The summed E-state index contributed by atoms with van der Waals surface area (Å²) in [6.07, 6.45) is 1.85. The quantitative estimate of drug-likeness (QED) is 0.270. The van der Waals surface area contributed by atoms with Gasteiger partial charge in [-0.3, -0.25) is 0 Å². The molecule has 0 aromatic heterocycles. The maximum absolute atomic E-state index is 11.5. The third kappa shape index (κ3) is 5.43. The molecule has 18 heavy (non-hydrogen) atoms. The van der Waals surface area contributed by atoms with E-state index in [2.05, 4.69) is 19.6 Å². The molecule has 0 atom stereocenters. The Balaban J connectivity index is 0.00000144. The standard InChI is InChI=1S/C5H13O2Si.C5H3OSi.2ClH.Ti/c1-6-5-7-8(2,3)4;6-3-1-4-5(2-3)7-4;;;/h1,5H2,2-4H3;1H,7H2;2*1H;/q;;;;+2/p-2. The molecule has 8 heteroatoms. The van der Waals surface area contributed by atoms with Crippen LogP contribution in [0.1, 0.15) is 0 Å². The first kappa shape index (κ1) is 18.8. The van der Waals surface area contributed by atoms with Gasteiger partial charge in [-0.25, -0.2) is 0 Å². The molecule has 0 spiro atoms. The average Bonchev–Trinajstić information content (AvgIpc) is 2.82. The third-order valence-electron chi connectivity index (χ3n) is 2.41. The van der Waals surface area contributed by atoms with Crippen LogP contribution in [0.15, 0.2) is 20.3 Å². The molecule has 0 N–H and O–H groups in total. The van der Waals surface area contributed by atoms with Crippen LogP contribution in [0.4, 0.5) is 0 Å². The molecule has 0 radical (unpaired) electrons. The number of hydrogen-bond donors (Lipinski definition) is 0. The Morgan fingerprint density at radius 3 is 2.50 bits per heavy atom. The minimum absolute atomic E-state index is 0. The van der Waals surface area contributed by atoms with Gasteiger partial charge in [-0.1, -0.05) is 0 Å². The second-order valence-corrected chi connectivity index (χ2v) is 13.1. The fourth-order valence-corrected chi connectivity index (χ4v) is 5.83. The molecule has 0 unspecified atom stereocenters. The summed E-state index contributed by atoms with van der Waals surface area (Å²) in [7, 11) is -1.53. The molecule has 0 bridgehead atoms. The third-order valence-corrected chi connectivity index (χ3v) is 7.57. The van der Waals surface area contributed by atoms with Gasteiger partial charge in [0, 0.05) is 0 Å². The molecule has 2 rings (SSSR count). The Morgan fingerprint density at radius 1 is 1.33 bits per heavy atom. The number of halogens is 2. The van der Waals surface area contributed by atoms with Crippen LogP contribution in [0.2, 0.25) is 19.6 Å². The van der Waals surface area contributed by atoms with Crippen LogP contribution in [0.3, 0.4) is 0 Å². The summed E-state index contributed by atoms with van der Waals surface area (Å²) in [4.78, 5) is 12.2. The molecule has 1 heterocycles. The van der Waals surface area contributed by atoms with Crippen LogP contribution in [0.25, 0.3) is 0 Å². The summed E-state index contributed by atoms with van der Waals surface area (Å²) < 4.78 is 12.2. The molecule has 1 fully saturated rings. The first-order valence-electron chi connectivity index (χ1n) is 5.41. The second-order valence-electron chi connectivity index (χ2n) is 4.96. The summed E-state index contributed by atoms with van der Waals surface area (Å²) in [5.41, 5.74) is 0. The molecule has 1 aliphatic carbocycles. The number of allylic oxidation sites excluding steroid dienone is 4. The van der Waals surface area contributed by atoms with Crippen molar-refractivity contribution < 1.29 is 57.9 Å². The van der Waals surface area contributed by atoms with E-state index in [0.29, 0.717) is 6.79 Å². The molecular weight excluding hydrogens is 343 g/mol. The number of fused-ring (bicyclic) bond motifs is 1. The van der Waals surface area contributed by atoms with E-state index in [-0.39, 0.29) is 59.3 Å². The Bertz CT molecular complexity index is 391. The van der Waals surface area contributed by atoms with Crippen LogP contribution in [0.5, 0.6) is 0 Å². The van der Waals surface area contributed by atoms with E-state index >= 15 is 0 Å². The van der Waals surface area contributed by atoms with E-state index in [1.165, 1.54) is 10.4 Å². The van der Waals surface area contributed by atoms with Crippen LogP contribution in [-0.2, 0) is 33.1 Å². The monoisotopic (exact) mass is 358 g/mol. The Labute approximate surface area is 132 Å². The largest absolute Gasteiger partial charge is 1.00 e. The molecule has 0 aromatic rings. The maximum atomic E-state index is 11.5. The van der Waals surface area contributed by atoms with Crippen molar-refractivity contribution >= 4 is 23.6 Å². The SMILES string of the molecule is C[Si](C)(C)OCO[CH2][Ti+2][C]1=C2[SiH2]C2=CC1=O.[Cl-].[Cl-]. The number of ether oxygens (including phenoxy) is 1. The number of carbonyl (C=O) groups is 1. The molecule has 2 aliphatic rings.